The highest BCUT2D eigenvalue weighted by molar-refractivity contribution is 5.93. The number of hydrogen-bond donors (Lipinski definition) is 2. The van der Waals surface area contributed by atoms with Crippen LogP contribution in [0.1, 0.15) is 58.8 Å². The van der Waals surface area contributed by atoms with E-state index in [4.69, 9.17) is 9.47 Å². The van der Waals surface area contributed by atoms with Crippen LogP contribution in [0.2, 0.25) is 0 Å². The zero-order valence-electron chi connectivity index (χ0n) is 25.9. The number of carbonyl (C=O) groups is 2. The minimum Gasteiger partial charge on any atom is -0.422 e. The fraction of sp³-hybridized carbons (Fsp3) is 0.205. The van der Waals surface area contributed by atoms with E-state index in [-0.39, 0.29) is 23.6 Å². The fourth-order valence-electron chi connectivity index (χ4n) is 4.89. The van der Waals surface area contributed by atoms with Gasteiger partial charge in [0.25, 0.3) is 0 Å². The highest BCUT2D eigenvalue weighted by Crippen LogP contribution is 2.25. The molecule has 2 atom stereocenters. The Labute approximate surface area is 269 Å². The van der Waals surface area contributed by atoms with Crippen LogP contribution in [0, 0.1) is 0 Å². The molecule has 0 saturated heterocycles. The lowest BCUT2D eigenvalue weighted by Crippen LogP contribution is -2.15. The van der Waals surface area contributed by atoms with E-state index in [0.717, 1.165) is 59.1 Å². The Kier molecular flexibility index (Phi) is 10.7. The third-order valence-corrected chi connectivity index (χ3v) is 7.57. The van der Waals surface area contributed by atoms with Gasteiger partial charge < -0.3 is 19.7 Å². The number of pyridine rings is 1. The van der Waals surface area contributed by atoms with E-state index < -0.39 is 11.9 Å². The van der Waals surface area contributed by atoms with Crippen molar-refractivity contribution in [3.63, 3.8) is 0 Å². The van der Waals surface area contributed by atoms with Crippen molar-refractivity contribution >= 4 is 11.9 Å². The zero-order valence-corrected chi connectivity index (χ0v) is 25.9. The standard InChI is InChI=1S/C39H37NO6/c1-26(41)6-8-28-10-14-30(15-11-28)32-18-22-34(23-19-32)45-38(43)36-4-3-5-37(40-36)39(44)46-35-24-20-33(21-25-35)31-16-12-29(13-17-31)9-7-27(2)42/h3-5,10-27,41-42H,6-9H2,1-2H3. The molecular weight excluding hydrogens is 578 g/mol. The molecular formula is C39H37NO6. The molecule has 7 nitrogen and oxygen atoms in total. The summed E-state index contributed by atoms with van der Waals surface area (Å²) >= 11 is 0. The van der Waals surface area contributed by atoms with E-state index in [9.17, 15) is 19.8 Å². The first-order valence-electron chi connectivity index (χ1n) is 15.4. The minimum atomic E-state index is -0.689. The number of aryl methyl sites for hydroxylation is 2. The molecule has 2 unspecified atom stereocenters. The molecule has 5 rings (SSSR count). The minimum absolute atomic E-state index is 0.0152. The van der Waals surface area contributed by atoms with E-state index in [1.807, 2.05) is 72.8 Å². The Hall–Kier alpha value is -5.11. The van der Waals surface area contributed by atoms with Gasteiger partial charge in [0, 0.05) is 0 Å². The molecule has 0 bridgehead atoms. The van der Waals surface area contributed by atoms with Gasteiger partial charge in [-0.3, -0.25) is 0 Å². The summed E-state index contributed by atoms with van der Waals surface area (Å²) in [6.45, 7) is 3.57. The molecule has 1 aromatic heterocycles. The lowest BCUT2D eigenvalue weighted by molar-refractivity contribution is 0.0722. The summed E-state index contributed by atoms with van der Waals surface area (Å²) in [6, 6.07) is 35.2. The molecule has 4 aromatic carbocycles. The van der Waals surface area contributed by atoms with Crippen molar-refractivity contribution in [1.82, 2.24) is 4.98 Å². The maximum absolute atomic E-state index is 12.8. The molecule has 5 aromatic rings. The molecule has 2 N–H and O–H groups in total. The van der Waals surface area contributed by atoms with Crippen molar-refractivity contribution in [1.29, 1.82) is 0 Å². The van der Waals surface area contributed by atoms with Crippen LogP contribution >= 0.6 is 0 Å². The molecule has 234 valence electrons. The quantitative estimate of drug-likeness (QED) is 0.111. The molecule has 0 spiro atoms. The van der Waals surface area contributed by atoms with E-state index in [2.05, 4.69) is 4.98 Å². The third kappa shape index (κ3) is 8.97. The second-order valence-electron chi connectivity index (χ2n) is 11.4. The second kappa shape index (κ2) is 15.3. The van der Waals surface area contributed by atoms with E-state index in [0.29, 0.717) is 11.5 Å². The number of nitrogens with zero attached hydrogens (tertiary/aromatic N) is 1. The average molecular weight is 616 g/mol. The van der Waals surface area contributed by atoms with Crippen molar-refractivity contribution in [2.24, 2.45) is 0 Å². The van der Waals surface area contributed by atoms with Gasteiger partial charge in [0.1, 0.15) is 22.9 Å². The van der Waals surface area contributed by atoms with Crippen LogP contribution in [-0.2, 0) is 12.8 Å². The number of carbonyl (C=O) groups excluding carboxylic acids is 2. The Balaban J connectivity index is 1.16. The number of aromatic nitrogens is 1. The molecule has 0 amide bonds. The van der Waals surface area contributed by atoms with Crippen LogP contribution in [0.3, 0.4) is 0 Å². The van der Waals surface area contributed by atoms with Gasteiger partial charge in [-0.25, -0.2) is 14.6 Å². The second-order valence-corrected chi connectivity index (χ2v) is 11.4. The maximum Gasteiger partial charge on any atom is 0.362 e. The highest BCUT2D eigenvalue weighted by Gasteiger charge is 2.16. The van der Waals surface area contributed by atoms with Crippen molar-refractivity contribution in [3.05, 3.63) is 138 Å². The molecule has 0 radical (unpaired) electrons. The molecule has 0 aliphatic heterocycles. The fourth-order valence-corrected chi connectivity index (χ4v) is 4.89. The first-order chi connectivity index (χ1) is 22.2. The number of aliphatic hydroxyl groups is 2. The molecule has 1 heterocycles. The lowest BCUT2D eigenvalue weighted by atomic mass is 10.0. The third-order valence-electron chi connectivity index (χ3n) is 7.57. The zero-order chi connectivity index (χ0) is 32.5. The van der Waals surface area contributed by atoms with Crippen molar-refractivity contribution in [2.45, 2.75) is 51.7 Å². The summed E-state index contributed by atoms with van der Waals surface area (Å²) in [4.78, 5) is 29.9. The number of benzene rings is 4. The number of rotatable bonds is 12. The first kappa shape index (κ1) is 32.3. The summed E-state index contributed by atoms with van der Waals surface area (Å²) in [6.07, 6.45) is 2.42. The molecule has 7 heteroatoms. The van der Waals surface area contributed by atoms with Crippen molar-refractivity contribution in [2.75, 3.05) is 0 Å². The number of esters is 2. The van der Waals surface area contributed by atoms with Gasteiger partial charge in [-0.2, -0.15) is 0 Å². The summed E-state index contributed by atoms with van der Waals surface area (Å²) in [7, 11) is 0. The highest BCUT2D eigenvalue weighted by atomic mass is 16.5. The Bertz CT molecular complexity index is 1620. The van der Waals surface area contributed by atoms with Crippen LogP contribution < -0.4 is 9.47 Å². The largest absolute Gasteiger partial charge is 0.422 e. The average Bonchev–Trinajstić information content (AvgIpc) is 3.07. The van der Waals surface area contributed by atoms with Gasteiger partial charge in [0.2, 0.25) is 0 Å². The predicted molar refractivity (Wildman–Crippen MR) is 178 cm³/mol. The molecule has 0 fully saturated rings. The maximum atomic E-state index is 12.8. The van der Waals surface area contributed by atoms with Gasteiger partial charge in [-0.1, -0.05) is 78.9 Å². The Morgan fingerprint density at radius 3 is 1.20 bits per heavy atom. The van der Waals surface area contributed by atoms with Crippen molar-refractivity contribution < 1.29 is 29.3 Å². The van der Waals surface area contributed by atoms with Gasteiger partial charge in [0.15, 0.2) is 0 Å². The smallest absolute Gasteiger partial charge is 0.362 e. The number of aliphatic hydroxyl groups excluding tert-OH is 2. The van der Waals surface area contributed by atoms with E-state index in [1.54, 1.807) is 44.2 Å². The SMILES string of the molecule is CC(O)CCc1ccc(-c2ccc(OC(=O)c3cccc(C(=O)Oc4ccc(-c5ccc(CCC(C)O)cc5)cc4)n3)cc2)cc1. The Morgan fingerprint density at radius 1 is 0.543 bits per heavy atom. The summed E-state index contributed by atoms with van der Waals surface area (Å²) in [5.74, 6) is -0.671. The van der Waals surface area contributed by atoms with Gasteiger partial charge in [0.05, 0.1) is 12.2 Å². The van der Waals surface area contributed by atoms with E-state index >= 15 is 0 Å². The van der Waals surface area contributed by atoms with Crippen LogP contribution in [0.5, 0.6) is 11.5 Å². The van der Waals surface area contributed by atoms with Crippen LogP contribution in [0.4, 0.5) is 0 Å². The summed E-state index contributed by atoms with van der Waals surface area (Å²) in [5, 5.41) is 19.0. The molecule has 0 saturated carbocycles. The topological polar surface area (TPSA) is 106 Å². The van der Waals surface area contributed by atoms with Gasteiger partial charge in [-0.15, -0.1) is 0 Å². The van der Waals surface area contributed by atoms with E-state index in [1.165, 1.54) is 12.1 Å². The monoisotopic (exact) mass is 615 g/mol. The molecule has 46 heavy (non-hydrogen) atoms. The van der Waals surface area contributed by atoms with Crippen LogP contribution in [-0.4, -0.2) is 39.3 Å². The predicted octanol–water partition coefficient (Wildman–Crippen LogP) is 7.48. The van der Waals surface area contributed by atoms with Gasteiger partial charge >= 0.3 is 11.9 Å². The van der Waals surface area contributed by atoms with Crippen LogP contribution in [0.15, 0.2) is 115 Å². The molecule has 0 aliphatic carbocycles. The summed E-state index contributed by atoms with van der Waals surface area (Å²) < 4.78 is 11.0. The van der Waals surface area contributed by atoms with Crippen LogP contribution in [0.25, 0.3) is 22.3 Å². The number of hydrogen-bond acceptors (Lipinski definition) is 7. The number of ether oxygens (including phenoxy) is 2. The Morgan fingerprint density at radius 2 is 0.870 bits per heavy atom. The van der Waals surface area contributed by atoms with Gasteiger partial charge in [-0.05, 0) is 109 Å². The van der Waals surface area contributed by atoms with Crippen molar-refractivity contribution in [3.8, 4) is 33.8 Å². The summed E-state index contributed by atoms with van der Waals surface area (Å²) in [5.41, 5.74) is 6.29. The first-order valence-corrected chi connectivity index (χ1v) is 15.4. The lowest BCUT2D eigenvalue weighted by Gasteiger charge is -2.09. The molecule has 0 aliphatic rings. The normalized spacial score (nSPS) is 12.3.